The number of benzene rings is 3. The monoisotopic (exact) mass is 629 g/mol. The van der Waals surface area contributed by atoms with Crippen LogP contribution in [0.3, 0.4) is 0 Å². The molecule has 1 heterocycles. The fourth-order valence-corrected chi connectivity index (χ4v) is 5.51. The number of hydrogen-bond acceptors (Lipinski definition) is 10. The standard InChI is InChI=1S/C28H21Cl2N3O8S/c1-39-27(34)24-23(15-6-4-3-5-7-15)18(14-31)26(32)33(25(24)28(35)40-2)20-12-19(30)22(42(36,37)38)13-21(20)41-17-10-8-16(29)9-11-17/h3-13,23H,32H2,1-2H3,(H,36,37,38). The van der Waals surface area contributed by atoms with Gasteiger partial charge >= 0.3 is 11.9 Å². The number of anilines is 1. The molecule has 0 spiro atoms. The van der Waals surface area contributed by atoms with Crippen molar-refractivity contribution in [1.29, 1.82) is 5.26 Å². The summed E-state index contributed by atoms with van der Waals surface area (Å²) in [5, 5.41) is 10.2. The van der Waals surface area contributed by atoms with Gasteiger partial charge in [0.25, 0.3) is 10.1 Å². The Morgan fingerprint density at radius 2 is 1.62 bits per heavy atom. The Kier molecular flexibility index (Phi) is 8.79. The fraction of sp³-hybridized carbons (Fsp3) is 0.107. The number of nitrogens with zero attached hydrogens (tertiary/aromatic N) is 2. The van der Waals surface area contributed by atoms with E-state index in [0.717, 1.165) is 31.3 Å². The number of allylic oxidation sites excluding steroid dienone is 1. The van der Waals surface area contributed by atoms with Crippen LogP contribution in [-0.4, -0.2) is 39.1 Å². The van der Waals surface area contributed by atoms with Crippen LogP contribution in [0.2, 0.25) is 10.0 Å². The minimum Gasteiger partial charge on any atom is -0.466 e. The summed E-state index contributed by atoms with van der Waals surface area (Å²) < 4.78 is 50.0. The summed E-state index contributed by atoms with van der Waals surface area (Å²) in [6.07, 6.45) is 0. The van der Waals surface area contributed by atoms with Crippen molar-refractivity contribution in [2.24, 2.45) is 5.73 Å². The van der Waals surface area contributed by atoms with Crippen molar-refractivity contribution < 1.29 is 36.8 Å². The number of hydrogen-bond donors (Lipinski definition) is 2. The Labute approximate surface area is 250 Å². The molecule has 0 saturated heterocycles. The maximum atomic E-state index is 13.4. The van der Waals surface area contributed by atoms with Crippen molar-refractivity contribution in [2.75, 3.05) is 19.1 Å². The molecule has 4 rings (SSSR count). The quantitative estimate of drug-likeness (QED) is 0.268. The molecule has 11 nitrogen and oxygen atoms in total. The SMILES string of the molecule is COC(=O)C1=C(C(=O)OC)N(c2cc(Cl)c(S(=O)(=O)O)cc2Oc2ccc(Cl)cc2)C(N)=C(C#N)C1c1ccccc1. The first kappa shape index (κ1) is 30.4. The van der Waals surface area contributed by atoms with Gasteiger partial charge in [-0.1, -0.05) is 53.5 Å². The second kappa shape index (κ2) is 12.1. The Morgan fingerprint density at radius 1 is 1.00 bits per heavy atom. The number of carbonyl (C=O) groups is 2. The highest BCUT2D eigenvalue weighted by atomic mass is 35.5. The minimum atomic E-state index is -4.86. The van der Waals surface area contributed by atoms with Gasteiger partial charge in [-0.25, -0.2) is 9.59 Å². The van der Waals surface area contributed by atoms with E-state index in [1.165, 1.54) is 24.3 Å². The number of nitriles is 1. The topological polar surface area (TPSA) is 169 Å². The lowest BCUT2D eigenvalue weighted by atomic mass is 9.81. The van der Waals surface area contributed by atoms with Gasteiger partial charge in [0.05, 0.1) is 48.1 Å². The molecule has 0 radical (unpaired) electrons. The molecule has 0 amide bonds. The molecule has 14 heteroatoms. The first-order valence-corrected chi connectivity index (χ1v) is 14.0. The molecule has 0 aromatic heterocycles. The van der Waals surface area contributed by atoms with Gasteiger partial charge in [0.2, 0.25) is 0 Å². The molecule has 3 N–H and O–H groups in total. The molecule has 0 saturated carbocycles. The highest BCUT2D eigenvalue weighted by Crippen LogP contribution is 2.47. The van der Waals surface area contributed by atoms with Crippen LogP contribution in [0.5, 0.6) is 11.5 Å². The number of esters is 2. The molecule has 3 aromatic rings. The Bertz CT molecular complexity index is 1780. The van der Waals surface area contributed by atoms with Gasteiger partial charge in [-0.3, -0.25) is 9.45 Å². The van der Waals surface area contributed by atoms with Gasteiger partial charge < -0.3 is 19.9 Å². The summed E-state index contributed by atoms with van der Waals surface area (Å²) in [6, 6.07) is 18.2. The molecule has 1 atom stereocenters. The van der Waals surface area contributed by atoms with Gasteiger partial charge in [0, 0.05) is 11.1 Å². The molecule has 0 fully saturated rings. The van der Waals surface area contributed by atoms with Crippen molar-refractivity contribution >= 4 is 50.9 Å². The molecule has 1 unspecified atom stereocenters. The third-order valence-corrected chi connectivity index (χ3v) is 7.75. The summed E-state index contributed by atoms with van der Waals surface area (Å²) in [7, 11) is -2.70. The van der Waals surface area contributed by atoms with Crippen LogP contribution in [0, 0.1) is 11.3 Å². The van der Waals surface area contributed by atoms with Gasteiger partial charge in [-0.15, -0.1) is 0 Å². The third kappa shape index (κ3) is 5.77. The van der Waals surface area contributed by atoms with Crippen molar-refractivity contribution in [2.45, 2.75) is 10.8 Å². The van der Waals surface area contributed by atoms with E-state index in [1.54, 1.807) is 30.3 Å². The smallest absolute Gasteiger partial charge is 0.355 e. The van der Waals surface area contributed by atoms with Crippen LogP contribution >= 0.6 is 23.2 Å². The van der Waals surface area contributed by atoms with Crippen LogP contribution in [0.25, 0.3) is 0 Å². The normalized spacial score (nSPS) is 15.2. The Hall–Kier alpha value is -4.54. The van der Waals surface area contributed by atoms with Crippen LogP contribution in [0.1, 0.15) is 11.5 Å². The van der Waals surface area contributed by atoms with Gasteiger partial charge in [-0.05, 0) is 35.9 Å². The highest BCUT2D eigenvalue weighted by molar-refractivity contribution is 7.86. The summed E-state index contributed by atoms with van der Waals surface area (Å²) in [4.78, 5) is 27.0. The molecule has 0 bridgehead atoms. The number of rotatable bonds is 7. The van der Waals surface area contributed by atoms with E-state index >= 15 is 0 Å². The van der Waals surface area contributed by atoms with Crippen molar-refractivity contribution in [3.63, 3.8) is 0 Å². The zero-order chi connectivity index (χ0) is 30.8. The van der Waals surface area contributed by atoms with Crippen LogP contribution in [0.4, 0.5) is 5.69 Å². The van der Waals surface area contributed by atoms with E-state index in [4.69, 9.17) is 43.1 Å². The van der Waals surface area contributed by atoms with Gasteiger partial charge in [-0.2, -0.15) is 13.7 Å². The fourth-order valence-electron chi connectivity index (χ4n) is 4.37. The second-order valence-electron chi connectivity index (χ2n) is 8.62. The molecule has 0 aliphatic carbocycles. The average Bonchev–Trinajstić information content (AvgIpc) is 2.97. The first-order chi connectivity index (χ1) is 19.9. The largest absolute Gasteiger partial charge is 0.466 e. The van der Waals surface area contributed by atoms with Crippen molar-refractivity contribution in [3.05, 3.63) is 105 Å². The number of methoxy groups -OCH3 is 2. The number of ether oxygens (including phenoxy) is 3. The predicted molar refractivity (Wildman–Crippen MR) is 152 cm³/mol. The molecular weight excluding hydrogens is 609 g/mol. The molecule has 216 valence electrons. The average molecular weight is 630 g/mol. The van der Waals surface area contributed by atoms with E-state index in [-0.39, 0.29) is 34.2 Å². The molecule has 3 aromatic carbocycles. The molecule has 1 aliphatic rings. The van der Waals surface area contributed by atoms with E-state index in [9.17, 15) is 27.8 Å². The van der Waals surface area contributed by atoms with E-state index in [1.807, 2.05) is 6.07 Å². The van der Waals surface area contributed by atoms with E-state index in [2.05, 4.69) is 0 Å². The number of halogens is 2. The van der Waals surface area contributed by atoms with Crippen LogP contribution in [0.15, 0.2) is 94.3 Å². The third-order valence-electron chi connectivity index (χ3n) is 6.18. The number of nitrogens with two attached hydrogens (primary N) is 1. The maximum Gasteiger partial charge on any atom is 0.355 e. The number of carbonyl (C=O) groups excluding carboxylic acids is 2. The lowest BCUT2D eigenvalue weighted by Gasteiger charge is -2.36. The van der Waals surface area contributed by atoms with E-state index in [0.29, 0.717) is 10.6 Å². The van der Waals surface area contributed by atoms with Crippen molar-refractivity contribution in [3.8, 4) is 17.6 Å². The maximum absolute atomic E-state index is 13.4. The van der Waals surface area contributed by atoms with Crippen LogP contribution < -0.4 is 15.4 Å². The lowest BCUT2D eigenvalue weighted by Crippen LogP contribution is -2.41. The summed E-state index contributed by atoms with van der Waals surface area (Å²) in [5.74, 6) is -3.64. The predicted octanol–water partition coefficient (Wildman–Crippen LogP) is 4.93. The molecular formula is C28H21Cl2N3O8S. The molecule has 1 aliphatic heterocycles. The Balaban J connectivity index is 2.12. The summed E-state index contributed by atoms with van der Waals surface area (Å²) in [6.45, 7) is 0. The second-order valence-corrected chi connectivity index (χ2v) is 10.9. The summed E-state index contributed by atoms with van der Waals surface area (Å²) >= 11 is 12.2. The van der Waals surface area contributed by atoms with Crippen molar-refractivity contribution in [1.82, 2.24) is 0 Å². The molecule has 42 heavy (non-hydrogen) atoms. The van der Waals surface area contributed by atoms with Gasteiger partial charge in [0.15, 0.2) is 5.75 Å². The van der Waals surface area contributed by atoms with Gasteiger partial charge in [0.1, 0.15) is 22.2 Å². The minimum absolute atomic E-state index is 0.151. The first-order valence-electron chi connectivity index (χ1n) is 11.8. The van der Waals surface area contributed by atoms with Crippen LogP contribution in [-0.2, 0) is 29.2 Å². The zero-order valence-corrected chi connectivity index (χ0v) is 24.2. The zero-order valence-electron chi connectivity index (χ0n) is 21.9. The highest BCUT2D eigenvalue weighted by Gasteiger charge is 2.44. The summed E-state index contributed by atoms with van der Waals surface area (Å²) in [5.41, 5.74) is 5.90. The lowest BCUT2D eigenvalue weighted by molar-refractivity contribution is -0.139. The Morgan fingerprint density at radius 3 is 2.17 bits per heavy atom. The van der Waals surface area contributed by atoms with E-state index < -0.39 is 43.6 Å².